The predicted octanol–water partition coefficient (Wildman–Crippen LogP) is 3.19. The lowest BCUT2D eigenvalue weighted by molar-refractivity contribution is -0.136. The second-order valence-corrected chi connectivity index (χ2v) is 8.64. The van der Waals surface area contributed by atoms with Crippen molar-refractivity contribution < 1.29 is 19.1 Å². The number of carbonyl (C=O) groups is 3. The molecule has 2 fully saturated rings. The van der Waals surface area contributed by atoms with Gasteiger partial charge in [0.05, 0.1) is 5.56 Å². The Kier molecular flexibility index (Phi) is 7.07. The molecule has 2 aromatic carbocycles. The minimum atomic E-state index is -0.557. The Morgan fingerprint density at radius 2 is 1.72 bits per heavy atom. The van der Waals surface area contributed by atoms with E-state index in [4.69, 9.17) is 16.3 Å². The van der Waals surface area contributed by atoms with Crippen molar-refractivity contribution in [2.24, 2.45) is 5.92 Å². The molecule has 4 rings (SSSR count). The third-order valence-corrected chi connectivity index (χ3v) is 5.92. The summed E-state index contributed by atoms with van der Waals surface area (Å²) in [4.78, 5) is 40.5. The molecule has 32 heavy (non-hydrogen) atoms. The second kappa shape index (κ2) is 10.1. The number of benzene rings is 2. The third kappa shape index (κ3) is 6.08. The molecule has 1 aliphatic heterocycles. The van der Waals surface area contributed by atoms with Crippen molar-refractivity contribution in [2.45, 2.75) is 19.4 Å². The SMILES string of the molecule is O=C(OCC(=O)N1CCN(Cc2cccc(Cl)c2)CC1)c1ccc(NC(=O)C2CC2)cc1. The van der Waals surface area contributed by atoms with Crippen molar-refractivity contribution in [1.29, 1.82) is 0 Å². The number of anilines is 1. The van der Waals surface area contributed by atoms with Crippen molar-refractivity contribution in [2.75, 3.05) is 38.1 Å². The Bertz CT molecular complexity index is 983. The van der Waals surface area contributed by atoms with Gasteiger partial charge in [-0.1, -0.05) is 23.7 Å². The molecule has 2 aliphatic rings. The van der Waals surface area contributed by atoms with Crippen LogP contribution in [0.25, 0.3) is 0 Å². The summed E-state index contributed by atoms with van der Waals surface area (Å²) in [6, 6.07) is 14.3. The summed E-state index contributed by atoms with van der Waals surface area (Å²) in [6.45, 7) is 3.18. The zero-order valence-corrected chi connectivity index (χ0v) is 18.5. The molecule has 1 saturated heterocycles. The van der Waals surface area contributed by atoms with Crippen LogP contribution in [0.4, 0.5) is 5.69 Å². The monoisotopic (exact) mass is 455 g/mol. The van der Waals surface area contributed by atoms with Crippen molar-refractivity contribution >= 4 is 35.1 Å². The number of nitrogens with zero attached hydrogens (tertiary/aromatic N) is 2. The molecule has 0 radical (unpaired) electrons. The molecule has 8 heteroatoms. The minimum absolute atomic E-state index is 0.0126. The molecule has 1 heterocycles. The van der Waals surface area contributed by atoms with E-state index >= 15 is 0 Å². The van der Waals surface area contributed by atoms with Gasteiger partial charge in [0.25, 0.3) is 5.91 Å². The van der Waals surface area contributed by atoms with Crippen LogP contribution in [-0.4, -0.2) is 60.4 Å². The zero-order chi connectivity index (χ0) is 22.5. The first kappa shape index (κ1) is 22.3. The first-order valence-corrected chi connectivity index (χ1v) is 11.2. The summed E-state index contributed by atoms with van der Waals surface area (Å²) in [5.41, 5.74) is 2.13. The Morgan fingerprint density at radius 3 is 2.38 bits per heavy atom. The number of carbonyl (C=O) groups excluding carboxylic acids is 3. The maximum Gasteiger partial charge on any atom is 0.338 e. The van der Waals surface area contributed by atoms with Crippen LogP contribution in [0.5, 0.6) is 0 Å². The van der Waals surface area contributed by atoms with Gasteiger partial charge in [-0.2, -0.15) is 0 Å². The van der Waals surface area contributed by atoms with Gasteiger partial charge in [0, 0.05) is 49.4 Å². The maximum atomic E-state index is 12.5. The fraction of sp³-hybridized carbons (Fsp3) is 0.375. The zero-order valence-electron chi connectivity index (χ0n) is 17.8. The quantitative estimate of drug-likeness (QED) is 0.649. The first-order chi connectivity index (χ1) is 15.5. The number of ether oxygens (including phenoxy) is 1. The lowest BCUT2D eigenvalue weighted by Crippen LogP contribution is -2.49. The van der Waals surface area contributed by atoms with E-state index in [1.54, 1.807) is 29.2 Å². The molecule has 1 saturated carbocycles. The highest BCUT2D eigenvalue weighted by molar-refractivity contribution is 6.30. The smallest absolute Gasteiger partial charge is 0.338 e. The molecular formula is C24H26ClN3O4. The Morgan fingerprint density at radius 1 is 1.00 bits per heavy atom. The summed E-state index contributed by atoms with van der Waals surface area (Å²) >= 11 is 6.04. The van der Waals surface area contributed by atoms with Gasteiger partial charge in [0.15, 0.2) is 6.61 Å². The fourth-order valence-electron chi connectivity index (χ4n) is 3.63. The highest BCUT2D eigenvalue weighted by atomic mass is 35.5. The van der Waals surface area contributed by atoms with Crippen LogP contribution >= 0.6 is 11.6 Å². The average Bonchev–Trinajstić information content (AvgIpc) is 3.64. The van der Waals surface area contributed by atoms with Gasteiger partial charge >= 0.3 is 5.97 Å². The average molecular weight is 456 g/mol. The van der Waals surface area contributed by atoms with Crippen molar-refractivity contribution in [3.05, 3.63) is 64.7 Å². The molecule has 0 atom stereocenters. The number of nitrogens with one attached hydrogen (secondary N) is 1. The van der Waals surface area contributed by atoms with Crippen LogP contribution in [0.1, 0.15) is 28.8 Å². The summed E-state index contributed by atoms with van der Waals surface area (Å²) in [6.07, 6.45) is 1.86. The number of esters is 1. The fourth-order valence-corrected chi connectivity index (χ4v) is 3.84. The van der Waals surface area contributed by atoms with Crippen LogP contribution in [0, 0.1) is 5.92 Å². The van der Waals surface area contributed by atoms with E-state index in [2.05, 4.69) is 10.2 Å². The van der Waals surface area contributed by atoms with E-state index < -0.39 is 5.97 Å². The molecular weight excluding hydrogens is 430 g/mol. The van der Waals surface area contributed by atoms with Gasteiger partial charge in [-0.05, 0) is 54.8 Å². The largest absolute Gasteiger partial charge is 0.452 e. The summed E-state index contributed by atoms with van der Waals surface area (Å²) in [5.74, 6) is -0.630. The van der Waals surface area contributed by atoms with Crippen LogP contribution in [0.15, 0.2) is 48.5 Å². The number of rotatable bonds is 7. The molecule has 0 aromatic heterocycles. The standard InChI is InChI=1S/C24H26ClN3O4/c25-20-3-1-2-17(14-20)15-27-10-12-28(13-11-27)22(29)16-32-24(31)19-6-8-21(9-7-19)26-23(30)18-4-5-18/h1-3,6-9,14,18H,4-5,10-13,15-16H2,(H,26,30). The molecule has 1 aliphatic carbocycles. The molecule has 0 spiro atoms. The number of piperazine rings is 1. The van der Waals surface area contributed by atoms with Crippen molar-refractivity contribution in [3.8, 4) is 0 Å². The van der Waals surface area contributed by atoms with Gasteiger partial charge in [0.1, 0.15) is 0 Å². The molecule has 0 bridgehead atoms. The topological polar surface area (TPSA) is 79.0 Å². The number of halogens is 1. The van der Waals surface area contributed by atoms with Crippen LogP contribution < -0.4 is 5.32 Å². The molecule has 1 N–H and O–H groups in total. The van der Waals surface area contributed by atoms with Crippen molar-refractivity contribution in [3.63, 3.8) is 0 Å². The Hall–Kier alpha value is -2.90. The Labute approximate surface area is 192 Å². The highest BCUT2D eigenvalue weighted by Gasteiger charge is 2.29. The highest BCUT2D eigenvalue weighted by Crippen LogP contribution is 2.30. The molecule has 0 unspecified atom stereocenters. The van der Waals surface area contributed by atoms with E-state index in [0.717, 1.165) is 43.1 Å². The van der Waals surface area contributed by atoms with E-state index in [1.807, 2.05) is 24.3 Å². The Balaban J connectivity index is 1.19. The van der Waals surface area contributed by atoms with E-state index in [1.165, 1.54) is 0 Å². The summed E-state index contributed by atoms with van der Waals surface area (Å²) in [7, 11) is 0. The van der Waals surface area contributed by atoms with Gasteiger partial charge in [-0.15, -0.1) is 0 Å². The van der Waals surface area contributed by atoms with Gasteiger partial charge < -0.3 is 15.0 Å². The van der Waals surface area contributed by atoms with Gasteiger partial charge in [-0.3, -0.25) is 14.5 Å². The van der Waals surface area contributed by atoms with Crippen LogP contribution in [-0.2, 0) is 20.9 Å². The summed E-state index contributed by atoms with van der Waals surface area (Å²) < 4.78 is 5.20. The lowest BCUT2D eigenvalue weighted by Gasteiger charge is -2.34. The van der Waals surface area contributed by atoms with Gasteiger partial charge in [-0.25, -0.2) is 4.79 Å². The molecule has 2 amide bonds. The second-order valence-electron chi connectivity index (χ2n) is 8.20. The molecule has 168 valence electrons. The lowest BCUT2D eigenvalue weighted by atomic mass is 10.2. The van der Waals surface area contributed by atoms with Crippen molar-refractivity contribution in [1.82, 2.24) is 9.80 Å². The normalized spacial score (nSPS) is 16.5. The number of hydrogen-bond donors (Lipinski definition) is 1. The molecule has 7 nitrogen and oxygen atoms in total. The van der Waals surface area contributed by atoms with E-state index in [0.29, 0.717) is 24.3 Å². The third-order valence-electron chi connectivity index (χ3n) is 5.68. The van der Waals surface area contributed by atoms with Crippen LogP contribution in [0.2, 0.25) is 5.02 Å². The minimum Gasteiger partial charge on any atom is -0.452 e. The molecule has 2 aromatic rings. The maximum absolute atomic E-state index is 12.5. The summed E-state index contributed by atoms with van der Waals surface area (Å²) in [5, 5.41) is 3.54. The first-order valence-electron chi connectivity index (χ1n) is 10.8. The van der Waals surface area contributed by atoms with Gasteiger partial charge in [0.2, 0.25) is 5.91 Å². The van der Waals surface area contributed by atoms with Crippen LogP contribution in [0.3, 0.4) is 0 Å². The number of amides is 2. The predicted molar refractivity (Wildman–Crippen MR) is 121 cm³/mol. The van der Waals surface area contributed by atoms with E-state index in [-0.39, 0.29) is 24.3 Å². The van der Waals surface area contributed by atoms with E-state index in [9.17, 15) is 14.4 Å². The number of hydrogen-bond acceptors (Lipinski definition) is 5.